The molecular formula is C27H46O3. The maximum atomic E-state index is 11.4. The van der Waals surface area contributed by atoms with Crippen molar-refractivity contribution in [3.8, 4) is 0 Å². The fourth-order valence-electron chi connectivity index (χ4n) is 7.35. The predicted molar refractivity (Wildman–Crippen MR) is 122 cm³/mol. The average molecular weight is 426 g/mol. The van der Waals surface area contributed by atoms with Crippen LogP contribution in [-0.4, -0.2) is 34.1 Å². The maximum absolute atomic E-state index is 11.4. The van der Waals surface area contributed by atoms with Crippen LogP contribution in [0.3, 0.4) is 0 Å². The van der Waals surface area contributed by atoms with Crippen LogP contribution in [0.25, 0.3) is 0 Å². The van der Waals surface area contributed by atoms with Crippen LogP contribution >= 0.6 is 0 Å². The molecule has 0 aromatic carbocycles. The molecule has 3 saturated carbocycles. The minimum Gasteiger partial charge on any atom is -0.396 e. The summed E-state index contributed by atoms with van der Waals surface area (Å²) < 4.78 is 62.6. The Morgan fingerprint density at radius 2 is 1.97 bits per heavy atom. The summed E-state index contributed by atoms with van der Waals surface area (Å²) in [6.07, 6.45) is -3.13. The first-order chi connectivity index (χ1) is 16.8. The summed E-state index contributed by atoms with van der Waals surface area (Å²) in [5.41, 5.74) is 0.130. The van der Waals surface area contributed by atoms with E-state index in [2.05, 4.69) is 6.92 Å². The molecule has 0 aromatic heterocycles. The second-order valence-corrected chi connectivity index (χ2v) is 11.1. The molecule has 4 rings (SSSR count). The number of aliphatic hydroxyl groups is 3. The third kappa shape index (κ3) is 3.71. The number of rotatable bonds is 6. The van der Waals surface area contributed by atoms with E-state index in [-0.39, 0.29) is 42.6 Å². The molecular weight excluding hydrogens is 372 g/mol. The lowest BCUT2D eigenvalue weighted by Crippen LogP contribution is -2.54. The van der Waals surface area contributed by atoms with Gasteiger partial charge in [0.05, 0.1) is 12.2 Å². The summed E-state index contributed by atoms with van der Waals surface area (Å²) >= 11 is 0. The zero-order valence-electron chi connectivity index (χ0n) is 26.1. The summed E-state index contributed by atoms with van der Waals surface area (Å²) in [6, 6.07) is 0. The second-order valence-electron chi connectivity index (χ2n) is 11.1. The molecule has 0 aliphatic heterocycles. The smallest absolute Gasteiger partial charge is 0.0757 e. The molecule has 10 atom stereocenters. The first kappa shape index (κ1) is 15.5. The fourth-order valence-corrected chi connectivity index (χ4v) is 7.35. The van der Waals surface area contributed by atoms with Crippen LogP contribution < -0.4 is 0 Å². The molecule has 30 heavy (non-hydrogen) atoms. The van der Waals surface area contributed by atoms with E-state index in [1.165, 1.54) is 6.92 Å². The molecule has 0 amide bonds. The first-order valence-corrected chi connectivity index (χ1v) is 11.9. The van der Waals surface area contributed by atoms with Gasteiger partial charge in [0.1, 0.15) is 0 Å². The molecule has 3 nitrogen and oxygen atoms in total. The van der Waals surface area contributed by atoms with E-state index < -0.39 is 54.5 Å². The van der Waals surface area contributed by atoms with E-state index in [0.29, 0.717) is 19.3 Å². The molecule has 172 valence electrons. The Morgan fingerprint density at radius 3 is 2.70 bits per heavy atom. The van der Waals surface area contributed by atoms with Crippen molar-refractivity contribution >= 4 is 0 Å². The zero-order chi connectivity index (χ0) is 28.0. The highest BCUT2D eigenvalue weighted by molar-refractivity contribution is 5.27. The van der Waals surface area contributed by atoms with Gasteiger partial charge in [-0.15, -0.1) is 0 Å². The summed E-state index contributed by atoms with van der Waals surface area (Å²) in [7, 11) is 0. The molecule has 3 heteroatoms. The van der Waals surface area contributed by atoms with Crippen LogP contribution in [-0.2, 0) is 0 Å². The van der Waals surface area contributed by atoms with Crippen molar-refractivity contribution in [1.29, 1.82) is 0 Å². The Morgan fingerprint density at radius 1 is 1.20 bits per heavy atom. The van der Waals surface area contributed by atoms with E-state index >= 15 is 0 Å². The second kappa shape index (κ2) is 8.52. The molecule has 0 saturated heterocycles. The van der Waals surface area contributed by atoms with Gasteiger partial charge >= 0.3 is 0 Å². The lowest BCUT2D eigenvalue weighted by atomic mass is 9.46. The summed E-state index contributed by atoms with van der Waals surface area (Å²) in [5, 5.41) is 31.1. The lowest BCUT2D eigenvalue weighted by Gasteiger charge is -2.59. The van der Waals surface area contributed by atoms with Crippen molar-refractivity contribution < 1.29 is 24.9 Å². The first-order valence-electron chi connectivity index (χ1n) is 15.4. The number of aliphatic hydroxyl groups excluding tert-OH is 3. The standard InChI is InChI=1S/C27H46O3/c1-17(16-28)6-5-7-18(2)21-8-9-22-25-23(11-13-27(21,22)4)26(3)12-10-20(29)14-19(26)15-24(25)30/h15,17-18,20-25,28-30H,5-14,16H2,1-4H3/t17?,18-,20+,21-,22+,23+,24-,25+,26+,27-/m1/s1/i5D2,7D2,8D2,18D. The van der Waals surface area contributed by atoms with Crippen molar-refractivity contribution in [2.75, 3.05) is 6.61 Å². The summed E-state index contributed by atoms with van der Waals surface area (Å²) in [4.78, 5) is 0. The molecule has 3 N–H and O–H groups in total. The fraction of sp³-hybridized carbons (Fsp3) is 0.926. The van der Waals surface area contributed by atoms with Gasteiger partial charge in [0, 0.05) is 16.2 Å². The minimum atomic E-state index is -2.68. The summed E-state index contributed by atoms with van der Waals surface area (Å²) in [5.74, 6) is -4.04. The number of fused-ring (bicyclic) bond motifs is 5. The van der Waals surface area contributed by atoms with Gasteiger partial charge in [-0.25, -0.2) is 0 Å². The van der Waals surface area contributed by atoms with Gasteiger partial charge in [-0.05, 0) is 97.6 Å². The van der Waals surface area contributed by atoms with Crippen LogP contribution in [0, 0.1) is 46.3 Å². The van der Waals surface area contributed by atoms with Gasteiger partial charge < -0.3 is 15.3 Å². The molecule has 0 heterocycles. The van der Waals surface area contributed by atoms with Crippen molar-refractivity contribution in [3.05, 3.63) is 11.6 Å². The third-order valence-electron chi connectivity index (χ3n) is 9.22. The van der Waals surface area contributed by atoms with Crippen LogP contribution in [0.15, 0.2) is 11.6 Å². The third-order valence-corrected chi connectivity index (χ3v) is 9.22. The topological polar surface area (TPSA) is 60.7 Å². The van der Waals surface area contributed by atoms with Gasteiger partial charge in [0.2, 0.25) is 0 Å². The Balaban J connectivity index is 1.74. The van der Waals surface area contributed by atoms with E-state index in [4.69, 9.17) is 8.22 Å². The highest BCUT2D eigenvalue weighted by Crippen LogP contribution is 2.67. The molecule has 0 aromatic rings. The van der Waals surface area contributed by atoms with Crippen molar-refractivity contribution in [2.45, 2.75) is 104 Å². The largest absolute Gasteiger partial charge is 0.396 e. The Labute approximate surface area is 194 Å². The Bertz CT molecular complexity index is 922. The quantitative estimate of drug-likeness (QED) is 0.504. The van der Waals surface area contributed by atoms with Gasteiger partial charge in [-0.2, -0.15) is 0 Å². The highest BCUT2D eigenvalue weighted by atomic mass is 16.3. The van der Waals surface area contributed by atoms with Gasteiger partial charge in [0.15, 0.2) is 0 Å². The predicted octanol–water partition coefficient (Wildman–Crippen LogP) is 5.33. The molecule has 4 aliphatic carbocycles. The molecule has 0 spiro atoms. The van der Waals surface area contributed by atoms with Gasteiger partial charge in [0.25, 0.3) is 0 Å². The minimum absolute atomic E-state index is 0.106. The lowest BCUT2D eigenvalue weighted by molar-refractivity contribution is -0.0971. The summed E-state index contributed by atoms with van der Waals surface area (Å²) in [6.45, 7) is 6.86. The van der Waals surface area contributed by atoms with E-state index in [1.807, 2.05) is 13.0 Å². The Hall–Kier alpha value is -0.380. The molecule has 3 fully saturated rings. The van der Waals surface area contributed by atoms with Crippen LogP contribution in [0.5, 0.6) is 0 Å². The number of hydrogen-bond acceptors (Lipinski definition) is 3. The molecule has 1 unspecified atom stereocenters. The normalized spacial score (nSPS) is 54.8. The average Bonchev–Trinajstić information content (AvgIpc) is 2.99. The van der Waals surface area contributed by atoms with Crippen molar-refractivity contribution in [1.82, 2.24) is 0 Å². The van der Waals surface area contributed by atoms with Crippen molar-refractivity contribution in [3.63, 3.8) is 0 Å². The van der Waals surface area contributed by atoms with Crippen LogP contribution in [0.4, 0.5) is 0 Å². The Kier molecular flexibility index (Phi) is 4.39. The molecule has 0 radical (unpaired) electrons. The van der Waals surface area contributed by atoms with E-state index in [1.54, 1.807) is 6.92 Å². The highest BCUT2D eigenvalue weighted by Gasteiger charge is 2.61. The van der Waals surface area contributed by atoms with E-state index in [9.17, 15) is 16.7 Å². The van der Waals surface area contributed by atoms with E-state index in [0.717, 1.165) is 18.4 Å². The SMILES string of the molecule is [2H]C1([2H])C[C@H]2[C@@H]3[C@H](O)C=C4C[C@@H](O)CC[C@]4(C)[C@H]3CC[C@]2(C)[C@H]1[C@]([2H])(C)C([2H])([2H])C([2H])([2H])CC(C)CO. The molecule has 0 bridgehead atoms. The van der Waals surface area contributed by atoms with Crippen LogP contribution in [0.1, 0.15) is 101 Å². The molecule has 4 aliphatic rings. The maximum Gasteiger partial charge on any atom is 0.0757 e. The zero-order valence-corrected chi connectivity index (χ0v) is 19.1. The monoisotopic (exact) mass is 425 g/mol. The van der Waals surface area contributed by atoms with Gasteiger partial charge in [-0.1, -0.05) is 52.1 Å². The van der Waals surface area contributed by atoms with Gasteiger partial charge in [-0.3, -0.25) is 0 Å². The van der Waals surface area contributed by atoms with Crippen LogP contribution in [0.2, 0.25) is 0 Å². The number of hydrogen-bond donors (Lipinski definition) is 3. The van der Waals surface area contributed by atoms with Crippen molar-refractivity contribution in [2.24, 2.45) is 46.3 Å².